The zero-order valence-electron chi connectivity index (χ0n) is 13.2. The number of nitrogens with one attached hydrogen (secondary N) is 1. The van der Waals surface area contributed by atoms with Crippen LogP contribution in [-0.4, -0.2) is 18.0 Å². The quantitative estimate of drug-likeness (QED) is 0.758. The van der Waals surface area contributed by atoms with E-state index in [1.807, 2.05) is 25.1 Å². The zero-order valence-corrected chi connectivity index (χ0v) is 14.0. The third-order valence-corrected chi connectivity index (χ3v) is 4.29. The second kappa shape index (κ2) is 6.80. The van der Waals surface area contributed by atoms with Crippen molar-refractivity contribution in [3.8, 4) is 16.3 Å². The van der Waals surface area contributed by atoms with Gasteiger partial charge in [0, 0.05) is 22.7 Å². The molecule has 1 amide bonds. The number of methoxy groups -OCH3 is 1. The molecule has 0 spiro atoms. The van der Waals surface area contributed by atoms with Crippen LogP contribution >= 0.6 is 11.3 Å². The molecule has 0 bridgehead atoms. The number of aromatic nitrogens is 1. The Morgan fingerprint density at radius 1 is 1.25 bits per heavy atom. The summed E-state index contributed by atoms with van der Waals surface area (Å²) >= 11 is 1.22. The Balaban J connectivity index is 1.81. The van der Waals surface area contributed by atoms with Crippen LogP contribution in [0.4, 0.5) is 10.1 Å². The largest absolute Gasteiger partial charge is 0.497 e. The van der Waals surface area contributed by atoms with Gasteiger partial charge in [-0.25, -0.2) is 9.37 Å². The van der Waals surface area contributed by atoms with Crippen molar-refractivity contribution in [1.29, 1.82) is 0 Å². The van der Waals surface area contributed by atoms with Gasteiger partial charge in [-0.3, -0.25) is 4.79 Å². The van der Waals surface area contributed by atoms with Crippen LogP contribution < -0.4 is 10.1 Å². The van der Waals surface area contributed by atoms with E-state index in [1.165, 1.54) is 24.5 Å². The summed E-state index contributed by atoms with van der Waals surface area (Å²) in [6.07, 6.45) is 0. The van der Waals surface area contributed by atoms with E-state index < -0.39 is 5.82 Å². The summed E-state index contributed by atoms with van der Waals surface area (Å²) in [5.41, 5.74) is 2.35. The highest BCUT2D eigenvalue weighted by atomic mass is 32.1. The van der Waals surface area contributed by atoms with Gasteiger partial charge in [0.05, 0.1) is 7.11 Å². The molecule has 0 atom stereocenters. The average molecular weight is 342 g/mol. The minimum atomic E-state index is -0.436. The van der Waals surface area contributed by atoms with Crippen LogP contribution in [0.3, 0.4) is 0 Å². The van der Waals surface area contributed by atoms with Gasteiger partial charge in [-0.05, 0) is 36.8 Å². The molecule has 1 aromatic heterocycles. The first-order chi connectivity index (χ1) is 11.6. The fourth-order valence-electron chi connectivity index (χ4n) is 2.22. The first-order valence-corrected chi connectivity index (χ1v) is 8.12. The molecule has 1 N–H and O–H groups in total. The van der Waals surface area contributed by atoms with Crippen molar-refractivity contribution < 1.29 is 13.9 Å². The number of carbonyl (C=O) groups is 1. The fraction of sp³-hybridized carbons (Fsp3) is 0.111. The molecular formula is C18H15FN2O2S. The lowest BCUT2D eigenvalue weighted by molar-refractivity contribution is 0.102. The molecule has 4 nitrogen and oxygen atoms in total. The summed E-state index contributed by atoms with van der Waals surface area (Å²) in [6, 6.07) is 12.0. The topological polar surface area (TPSA) is 51.2 Å². The number of halogens is 1. The maximum atomic E-state index is 14.1. The third kappa shape index (κ3) is 3.44. The smallest absolute Gasteiger partial charge is 0.275 e. The number of rotatable bonds is 4. The first kappa shape index (κ1) is 16.1. The molecule has 3 rings (SSSR count). The summed E-state index contributed by atoms with van der Waals surface area (Å²) in [5.74, 6) is -0.323. The molecule has 0 aliphatic heterocycles. The van der Waals surface area contributed by atoms with Gasteiger partial charge in [0.15, 0.2) is 0 Å². The zero-order chi connectivity index (χ0) is 17.1. The summed E-state index contributed by atoms with van der Waals surface area (Å²) in [4.78, 5) is 16.5. The second-order valence-corrected chi connectivity index (χ2v) is 6.07. The lowest BCUT2D eigenvalue weighted by atomic mass is 10.2. The molecule has 0 fully saturated rings. The van der Waals surface area contributed by atoms with E-state index in [9.17, 15) is 9.18 Å². The molecule has 1 heterocycles. The summed E-state index contributed by atoms with van der Waals surface area (Å²) in [6.45, 7) is 1.95. The molecule has 0 radical (unpaired) electrons. The van der Waals surface area contributed by atoms with Crippen LogP contribution in [0.2, 0.25) is 0 Å². The van der Waals surface area contributed by atoms with Crippen LogP contribution in [0.15, 0.2) is 47.8 Å². The lowest BCUT2D eigenvalue weighted by Gasteiger charge is -2.04. The number of thiazole rings is 1. The van der Waals surface area contributed by atoms with Crippen LogP contribution in [0.5, 0.6) is 5.75 Å². The highest BCUT2D eigenvalue weighted by Gasteiger charge is 2.15. The Morgan fingerprint density at radius 3 is 2.79 bits per heavy atom. The standard InChI is InChI=1S/C18H15FN2O2S/c1-11-4-3-5-12(8-11)20-17(22)16-10-24-18(21-16)14-7-6-13(23-2)9-15(14)19/h3-10H,1-2H3,(H,20,22). The number of hydrogen-bond donors (Lipinski definition) is 1. The molecule has 0 aliphatic rings. The Kier molecular flexibility index (Phi) is 4.57. The van der Waals surface area contributed by atoms with Gasteiger partial charge in [0.2, 0.25) is 0 Å². The maximum Gasteiger partial charge on any atom is 0.275 e. The highest BCUT2D eigenvalue weighted by molar-refractivity contribution is 7.13. The Hall–Kier alpha value is -2.73. The molecule has 3 aromatic rings. The molecular weight excluding hydrogens is 327 g/mol. The molecule has 2 aromatic carbocycles. The van der Waals surface area contributed by atoms with E-state index >= 15 is 0 Å². The van der Waals surface area contributed by atoms with Gasteiger partial charge < -0.3 is 10.1 Å². The molecule has 0 unspecified atom stereocenters. The van der Waals surface area contributed by atoms with E-state index in [1.54, 1.807) is 23.6 Å². The predicted octanol–water partition coefficient (Wildman–Crippen LogP) is 4.52. The minimum absolute atomic E-state index is 0.256. The van der Waals surface area contributed by atoms with E-state index in [4.69, 9.17) is 4.74 Å². The van der Waals surface area contributed by atoms with E-state index in [0.29, 0.717) is 22.0 Å². The van der Waals surface area contributed by atoms with Crippen LogP contribution in [0, 0.1) is 12.7 Å². The Morgan fingerprint density at radius 2 is 2.08 bits per heavy atom. The van der Waals surface area contributed by atoms with Gasteiger partial charge in [-0.1, -0.05) is 12.1 Å². The van der Waals surface area contributed by atoms with Crippen molar-refractivity contribution in [3.05, 3.63) is 64.9 Å². The first-order valence-electron chi connectivity index (χ1n) is 7.24. The van der Waals surface area contributed by atoms with Crippen LogP contribution in [0.25, 0.3) is 10.6 Å². The fourth-order valence-corrected chi connectivity index (χ4v) is 3.04. The van der Waals surface area contributed by atoms with E-state index in [2.05, 4.69) is 10.3 Å². The number of hydrogen-bond acceptors (Lipinski definition) is 4. The Labute approximate surface area is 142 Å². The van der Waals surface area contributed by atoms with Gasteiger partial charge in [-0.15, -0.1) is 11.3 Å². The minimum Gasteiger partial charge on any atom is -0.497 e. The van der Waals surface area contributed by atoms with Crippen molar-refractivity contribution in [2.24, 2.45) is 0 Å². The van der Waals surface area contributed by atoms with Crippen LogP contribution in [0.1, 0.15) is 16.1 Å². The number of ether oxygens (including phenoxy) is 1. The highest BCUT2D eigenvalue weighted by Crippen LogP contribution is 2.29. The third-order valence-electron chi connectivity index (χ3n) is 3.42. The number of aryl methyl sites for hydroxylation is 1. The van der Waals surface area contributed by atoms with Crippen molar-refractivity contribution >= 4 is 22.9 Å². The average Bonchev–Trinajstić information content (AvgIpc) is 3.04. The number of carbonyl (C=O) groups excluding carboxylic acids is 1. The van der Waals surface area contributed by atoms with Gasteiger partial charge in [0.1, 0.15) is 22.3 Å². The van der Waals surface area contributed by atoms with E-state index in [0.717, 1.165) is 5.56 Å². The van der Waals surface area contributed by atoms with Crippen molar-refractivity contribution in [2.75, 3.05) is 12.4 Å². The number of anilines is 1. The maximum absolute atomic E-state index is 14.1. The SMILES string of the molecule is COc1ccc(-c2nc(C(=O)Nc3cccc(C)c3)cs2)c(F)c1. The summed E-state index contributed by atoms with van der Waals surface area (Å²) in [7, 11) is 1.48. The van der Waals surface area contributed by atoms with Gasteiger partial charge in [-0.2, -0.15) is 0 Å². The second-order valence-electron chi connectivity index (χ2n) is 5.21. The molecule has 6 heteroatoms. The molecule has 0 saturated heterocycles. The number of benzene rings is 2. The molecule has 0 saturated carbocycles. The van der Waals surface area contributed by atoms with Crippen molar-refractivity contribution in [1.82, 2.24) is 4.98 Å². The number of amides is 1. The van der Waals surface area contributed by atoms with Crippen LogP contribution in [-0.2, 0) is 0 Å². The molecule has 0 aliphatic carbocycles. The molecule has 122 valence electrons. The predicted molar refractivity (Wildman–Crippen MR) is 93.2 cm³/mol. The van der Waals surface area contributed by atoms with Gasteiger partial charge in [0.25, 0.3) is 5.91 Å². The Bertz CT molecular complexity index is 892. The van der Waals surface area contributed by atoms with E-state index in [-0.39, 0.29) is 11.6 Å². The molecule has 24 heavy (non-hydrogen) atoms. The van der Waals surface area contributed by atoms with Crippen molar-refractivity contribution in [3.63, 3.8) is 0 Å². The normalized spacial score (nSPS) is 10.5. The lowest BCUT2D eigenvalue weighted by Crippen LogP contribution is -2.12. The summed E-state index contributed by atoms with van der Waals surface area (Å²) < 4.78 is 19.1. The monoisotopic (exact) mass is 342 g/mol. The van der Waals surface area contributed by atoms with Crippen molar-refractivity contribution in [2.45, 2.75) is 6.92 Å². The summed E-state index contributed by atoms with van der Waals surface area (Å²) in [5, 5.41) is 4.85. The number of nitrogens with zero attached hydrogens (tertiary/aromatic N) is 1. The van der Waals surface area contributed by atoms with Gasteiger partial charge >= 0.3 is 0 Å².